The van der Waals surface area contributed by atoms with Crippen LogP contribution in [0, 0.1) is 0 Å². The van der Waals surface area contributed by atoms with Crippen LogP contribution in [0.5, 0.6) is 0 Å². The Kier molecular flexibility index (Phi) is 5.46. The molecule has 0 bridgehead atoms. The Morgan fingerprint density at radius 1 is 1.30 bits per heavy atom. The van der Waals surface area contributed by atoms with Gasteiger partial charge in [-0.25, -0.2) is 0 Å². The summed E-state index contributed by atoms with van der Waals surface area (Å²) in [4.78, 5) is 0. The van der Waals surface area contributed by atoms with Crippen molar-refractivity contribution in [3.8, 4) is 0 Å². The first-order valence-electron chi connectivity index (χ1n) is 3.08. The number of rotatable bonds is 0. The van der Waals surface area contributed by atoms with Crippen molar-refractivity contribution in [1.82, 2.24) is 5.32 Å². The van der Waals surface area contributed by atoms with Gasteiger partial charge in [-0.15, -0.1) is 0 Å². The molecule has 0 amide bonds. The Morgan fingerprint density at radius 2 is 1.80 bits per heavy atom. The molecular weight excluding hydrogens is 138 g/mol. The number of aliphatic hydroxyl groups excluding tert-OH is 2. The van der Waals surface area contributed by atoms with Gasteiger partial charge in [0.1, 0.15) is 6.23 Å². The summed E-state index contributed by atoms with van der Waals surface area (Å²) in [6, 6.07) is 0. The van der Waals surface area contributed by atoms with Crippen molar-refractivity contribution in [2.75, 3.05) is 6.54 Å². The molecule has 0 aromatic carbocycles. The third kappa shape index (κ3) is 7.80. The predicted octanol–water partition coefficient (Wildman–Crippen LogP) is -2.06. The zero-order chi connectivity index (χ0) is 7.98. The molecule has 62 valence electrons. The molecule has 0 aromatic heterocycles. The zero-order valence-corrected chi connectivity index (χ0v) is 5.56. The normalized spacial score (nSPS) is 24.3. The van der Waals surface area contributed by atoms with Crippen molar-refractivity contribution in [1.29, 1.82) is 0 Å². The van der Waals surface area contributed by atoms with Crippen molar-refractivity contribution in [3.05, 3.63) is 0 Å². The molecule has 0 spiro atoms. The van der Waals surface area contributed by atoms with E-state index in [9.17, 15) is 0 Å². The molecule has 1 aliphatic rings. The molecule has 1 heterocycles. The first kappa shape index (κ1) is 9.80. The molecule has 0 saturated carbocycles. The minimum absolute atomic E-state index is 0.204. The van der Waals surface area contributed by atoms with Crippen LogP contribution < -0.4 is 5.32 Å². The Morgan fingerprint density at radius 3 is 1.90 bits per heavy atom. The van der Waals surface area contributed by atoms with Crippen molar-refractivity contribution in [2.45, 2.75) is 25.5 Å². The predicted molar refractivity (Wildman–Crippen MR) is 33.7 cm³/mol. The fraction of sp³-hybridized carbons (Fsp3) is 1.00. The topological polar surface area (TPSA) is 93.0 Å². The van der Waals surface area contributed by atoms with Gasteiger partial charge in [0.25, 0.3) is 6.48 Å². The van der Waals surface area contributed by atoms with Crippen LogP contribution in [0.3, 0.4) is 0 Å². The molecule has 1 saturated heterocycles. The van der Waals surface area contributed by atoms with Crippen LogP contribution in [-0.2, 0) is 0 Å². The van der Waals surface area contributed by atoms with Crippen LogP contribution in [0.4, 0.5) is 0 Å². The lowest BCUT2D eigenvalue weighted by Gasteiger charge is -1.94. The Hall–Kier alpha value is -0.200. The number of hydrogen-bond donors (Lipinski definition) is 5. The lowest BCUT2D eigenvalue weighted by molar-refractivity contribution is -0.198. The summed E-state index contributed by atoms with van der Waals surface area (Å²) in [5.41, 5.74) is 0. The Balaban J connectivity index is 0.000000180. The number of aliphatic hydroxyl groups is 4. The van der Waals surface area contributed by atoms with Gasteiger partial charge in [-0.1, -0.05) is 0 Å². The van der Waals surface area contributed by atoms with Crippen molar-refractivity contribution in [2.24, 2.45) is 0 Å². The summed E-state index contributed by atoms with van der Waals surface area (Å²) in [7, 11) is 0. The molecule has 1 unspecified atom stereocenters. The SMILES string of the molecule is OC(O)O.OC1CCCN1. The molecule has 10 heavy (non-hydrogen) atoms. The number of nitrogens with one attached hydrogen (secondary N) is 1. The largest absolute Gasteiger partial charge is 0.379 e. The third-order valence-electron chi connectivity index (χ3n) is 1.03. The maximum Gasteiger partial charge on any atom is 0.263 e. The lowest BCUT2D eigenvalue weighted by Crippen LogP contribution is -2.19. The van der Waals surface area contributed by atoms with E-state index >= 15 is 0 Å². The summed E-state index contributed by atoms with van der Waals surface area (Å²) in [5, 5.41) is 33.0. The first-order valence-corrected chi connectivity index (χ1v) is 3.08. The van der Waals surface area contributed by atoms with Gasteiger partial charge < -0.3 is 20.4 Å². The van der Waals surface area contributed by atoms with Crippen molar-refractivity contribution >= 4 is 0 Å². The quantitative estimate of drug-likeness (QED) is 0.257. The van der Waals surface area contributed by atoms with Crippen molar-refractivity contribution in [3.63, 3.8) is 0 Å². The molecule has 1 atom stereocenters. The van der Waals surface area contributed by atoms with E-state index in [0.717, 1.165) is 19.4 Å². The first-order chi connectivity index (χ1) is 4.63. The van der Waals surface area contributed by atoms with Gasteiger partial charge in [-0.2, -0.15) is 0 Å². The van der Waals surface area contributed by atoms with Gasteiger partial charge in [-0.05, 0) is 19.4 Å². The van der Waals surface area contributed by atoms with Crippen LogP contribution >= 0.6 is 0 Å². The molecule has 5 nitrogen and oxygen atoms in total. The Labute approximate surface area is 58.9 Å². The smallest absolute Gasteiger partial charge is 0.263 e. The van der Waals surface area contributed by atoms with Crippen LogP contribution in [0.15, 0.2) is 0 Å². The molecular formula is C5H13NO4. The van der Waals surface area contributed by atoms with Gasteiger partial charge in [-0.3, -0.25) is 5.32 Å². The second kappa shape index (κ2) is 5.57. The van der Waals surface area contributed by atoms with Crippen molar-refractivity contribution < 1.29 is 20.4 Å². The molecule has 5 heteroatoms. The summed E-state index contributed by atoms with van der Waals surface area (Å²) < 4.78 is 0. The lowest BCUT2D eigenvalue weighted by atomic mass is 10.4. The van der Waals surface area contributed by atoms with E-state index in [1.165, 1.54) is 0 Å². The fourth-order valence-electron chi connectivity index (χ4n) is 0.666. The van der Waals surface area contributed by atoms with E-state index in [1.807, 2.05) is 0 Å². The standard InChI is InChI=1S/C4H9NO.CH4O3/c6-4-2-1-3-5-4;2-1(3)4/h4-6H,1-3H2;1-4H. The molecule has 5 N–H and O–H groups in total. The summed E-state index contributed by atoms with van der Waals surface area (Å²) in [6.45, 7) is -1.18. The monoisotopic (exact) mass is 151 g/mol. The molecule has 0 radical (unpaired) electrons. The minimum atomic E-state index is -2.17. The van der Waals surface area contributed by atoms with E-state index in [2.05, 4.69) is 5.32 Å². The second-order valence-corrected chi connectivity index (χ2v) is 1.96. The average molecular weight is 151 g/mol. The summed E-state index contributed by atoms with van der Waals surface area (Å²) in [6.07, 6.45) is 1.85. The zero-order valence-electron chi connectivity index (χ0n) is 5.56. The highest BCUT2D eigenvalue weighted by atomic mass is 16.6. The third-order valence-corrected chi connectivity index (χ3v) is 1.03. The van der Waals surface area contributed by atoms with E-state index in [0.29, 0.717) is 0 Å². The van der Waals surface area contributed by atoms with Gasteiger partial charge >= 0.3 is 0 Å². The molecule has 0 aliphatic carbocycles. The molecule has 1 aliphatic heterocycles. The van der Waals surface area contributed by atoms with E-state index in [-0.39, 0.29) is 6.23 Å². The molecule has 1 fully saturated rings. The maximum absolute atomic E-state index is 8.62. The minimum Gasteiger partial charge on any atom is -0.379 e. The van der Waals surface area contributed by atoms with Crippen LogP contribution in [0.1, 0.15) is 12.8 Å². The Bertz CT molecular complexity index is 69.3. The maximum atomic E-state index is 8.62. The fourth-order valence-corrected chi connectivity index (χ4v) is 0.666. The van der Waals surface area contributed by atoms with E-state index in [4.69, 9.17) is 20.4 Å². The highest BCUT2D eigenvalue weighted by molar-refractivity contribution is 4.61. The van der Waals surface area contributed by atoms with E-state index in [1.54, 1.807) is 0 Å². The van der Waals surface area contributed by atoms with Crippen LogP contribution in [-0.4, -0.2) is 39.7 Å². The van der Waals surface area contributed by atoms with Gasteiger partial charge in [0.15, 0.2) is 0 Å². The highest BCUT2D eigenvalue weighted by Gasteiger charge is 2.07. The van der Waals surface area contributed by atoms with Gasteiger partial charge in [0, 0.05) is 0 Å². The van der Waals surface area contributed by atoms with Crippen LogP contribution in [0.2, 0.25) is 0 Å². The molecule has 1 rings (SSSR count). The summed E-state index contributed by atoms with van der Waals surface area (Å²) >= 11 is 0. The van der Waals surface area contributed by atoms with E-state index < -0.39 is 6.48 Å². The molecule has 0 aromatic rings. The second-order valence-electron chi connectivity index (χ2n) is 1.96. The van der Waals surface area contributed by atoms with Gasteiger partial charge in [0.2, 0.25) is 0 Å². The highest BCUT2D eigenvalue weighted by Crippen LogP contribution is 1.98. The average Bonchev–Trinajstić information content (AvgIpc) is 2.15. The summed E-state index contributed by atoms with van der Waals surface area (Å²) in [5.74, 6) is 0. The number of hydrogen-bond acceptors (Lipinski definition) is 5. The van der Waals surface area contributed by atoms with Gasteiger partial charge in [0.05, 0.1) is 0 Å². The van der Waals surface area contributed by atoms with Crippen LogP contribution in [0.25, 0.3) is 0 Å².